The van der Waals surface area contributed by atoms with Crippen molar-refractivity contribution in [3.63, 3.8) is 0 Å². The molecule has 0 atom stereocenters. The first-order valence-electron chi connectivity index (χ1n) is 7.83. The van der Waals surface area contributed by atoms with Crippen LogP contribution in [-0.4, -0.2) is 13.2 Å². The highest BCUT2D eigenvalue weighted by Gasteiger charge is 2.04. The average molecular weight is 281 g/mol. The van der Waals surface area contributed by atoms with Crippen LogP contribution in [0.15, 0.2) is 18.2 Å². The lowest BCUT2D eigenvalue weighted by Crippen LogP contribution is -2.14. The fraction of sp³-hybridized carbons (Fsp3) is 0.647. The van der Waals surface area contributed by atoms with E-state index in [1.165, 1.54) is 19.3 Å². The van der Waals surface area contributed by atoms with Crippen LogP contribution in [0.1, 0.15) is 57.1 Å². The molecule has 3 heteroatoms. The molecular weight excluding hydrogens is 253 g/mol. The predicted octanol–water partition coefficient (Wildman–Crippen LogP) is 4.42. The fourth-order valence-electron chi connectivity index (χ4n) is 2.07. The molecule has 0 saturated heterocycles. The van der Waals surface area contributed by atoms with E-state index in [1.54, 1.807) is 6.07 Å². The highest BCUT2D eigenvalue weighted by Crippen LogP contribution is 2.12. The maximum atomic E-state index is 13.7. The van der Waals surface area contributed by atoms with Crippen LogP contribution >= 0.6 is 0 Å². The van der Waals surface area contributed by atoms with E-state index >= 15 is 0 Å². The first-order chi connectivity index (χ1) is 9.77. The second-order valence-corrected chi connectivity index (χ2v) is 5.22. The van der Waals surface area contributed by atoms with Gasteiger partial charge in [0.25, 0.3) is 0 Å². The van der Waals surface area contributed by atoms with Crippen molar-refractivity contribution >= 4 is 0 Å². The van der Waals surface area contributed by atoms with Gasteiger partial charge in [-0.05, 0) is 37.1 Å². The Kier molecular flexibility index (Phi) is 9.25. The quantitative estimate of drug-likeness (QED) is 0.606. The van der Waals surface area contributed by atoms with Gasteiger partial charge >= 0.3 is 0 Å². The van der Waals surface area contributed by atoms with E-state index < -0.39 is 0 Å². The van der Waals surface area contributed by atoms with E-state index in [2.05, 4.69) is 19.2 Å². The van der Waals surface area contributed by atoms with Crippen LogP contribution in [0.3, 0.4) is 0 Å². The molecule has 0 aliphatic carbocycles. The smallest absolute Gasteiger partial charge is 0.128 e. The van der Waals surface area contributed by atoms with E-state index in [-0.39, 0.29) is 5.82 Å². The lowest BCUT2D eigenvalue weighted by molar-refractivity contribution is 0.114. The highest BCUT2D eigenvalue weighted by atomic mass is 19.1. The average Bonchev–Trinajstić information content (AvgIpc) is 2.46. The molecule has 0 unspecified atom stereocenters. The van der Waals surface area contributed by atoms with Crippen molar-refractivity contribution in [1.82, 2.24) is 5.32 Å². The van der Waals surface area contributed by atoms with Gasteiger partial charge < -0.3 is 10.1 Å². The maximum absolute atomic E-state index is 13.7. The minimum absolute atomic E-state index is 0.169. The van der Waals surface area contributed by atoms with Crippen LogP contribution in [0.2, 0.25) is 0 Å². The van der Waals surface area contributed by atoms with Gasteiger partial charge in [-0.25, -0.2) is 4.39 Å². The van der Waals surface area contributed by atoms with E-state index in [9.17, 15) is 4.39 Å². The molecule has 114 valence electrons. The second kappa shape index (κ2) is 10.8. The Morgan fingerprint density at radius 1 is 1.10 bits per heavy atom. The Bertz CT molecular complexity index is 368. The minimum atomic E-state index is -0.169. The molecular formula is C17H28FNO. The summed E-state index contributed by atoms with van der Waals surface area (Å²) in [6.07, 6.45) is 5.83. The molecule has 2 nitrogen and oxygen atoms in total. The molecule has 0 fully saturated rings. The van der Waals surface area contributed by atoms with Gasteiger partial charge in [-0.2, -0.15) is 0 Å². The van der Waals surface area contributed by atoms with Crippen LogP contribution in [0.5, 0.6) is 0 Å². The summed E-state index contributed by atoms with van der Waals surface area (Å²) in [4.78, 5) is 0. The summed E-state index contributed by atoms with van der Waals surface area (Å²) >= 11 is 0. The van der Waals surface area contributed by atoms with Crippen LogP contribution in [-0.2, 0) is 17.9 Å². The topological polar surface area (TPSA) is 21.3 Å². The number of hydrogen-bond acceptors (Lipinski definition) is 2. The first kappa shape index (κ1) is 17.1. The summed E-state index contributed by atoms with van der Waals surface area (Å²) in [7, 11) is 0. The van der Waals surface area contributed by atoms with Crippen molar-refractivity contribution in [3.8, 4) is 0 Å². The molecule has 0 bridgehead atoms. The summed E-state index contributed by atoms with van der Waals surface area (Å²) in [5, 5.41) is 3.33. The van der Waals surface area contributed by atoms with Gasteiger partial charge in [-0.3, -0.25) is 0 Å². The number of ether oxygens (including phenoxy) is 1. The SMILES string of the molecule is CCCCCCOCc1cc(CNCCC)ccc1F. The van der Waals surface area contributed by atoms with E-state index in [4.69, 9.17) is 4.74 Å². The third kappa shape index (κ3) is 7.01. The third-order valence-corrected chi connectivity index (χ3v) is 3.27. The zero-order chi connectivity index (χ0) is 14.6. The number of nitrogens with one attached hydrogen (secondary N) is 1. The molecule has 0 heterocycles. The van der Waals surface area contributed by atoms with Crippen molar-refractivity contribution in [2.75, 3.05) is 13.2 Å². The van der Waals surface area contributed by atoms with Gasteiger partial charge in [0.15, 0.2) is 0 Å². The molecule has 1 rings (SSSR count). The van der Waals surface area contributed by atoms with Gasteiger partial charge in [0.2, 0.25) is 0 Å². The number of benzene rings is 1. The second-order valence-electron chi connectivity index (χ2n) is 5.22. The summed E-state index contributed by atoms with van der Waals surface area (Å²) in [6, 6.07) is 5.28. The van der Waals surface area contributed by atoms with Crippen molar-refractivity contribution in [2.45, 2.75) is 59.1 Å². The Morgan fingerprint density at radius 3 is 2.70 bits per heavy atom. The minimum Gasteiger partial charge on any atom is -0.377 e. The van der Waals surface area contributed by atoms with Crippen molar-refractivity contribution in [2.24, 2.45) is 0 Å². The molecule has 0 amide bonds. The molecule has 0 spiro atoms. The standard InChI is InChI=1S/C17H28FNO/c1-3-5-6-7-11-20-14-16-12-15(8-9-17(16)18)13-19-10-4-2/h8-9,12,19H,3-7,10-11,13-14H2,1-2H3. The van der Waals surface area contributed by atoms with Gasteiger partial charge in [-0.1, -0.05) is 39.2 Å². The Balaban J connectivity index is 2.34. The van der Waals surface area contributed by atoms with Gasteiger partial charge in [-0.15, -0.1) is 0 Å². The van der Waals surface area contributed by atoms with E-state index in [0.29, 0.717) is 12.2 Å². The third-order valence-electron chi connectivity index (χ3n) is 3.27. The molecule has 20 heavy (non-hydrogen) atoms. The number of unbranched alkanes of at least 4 members (excludes halogenated alkanes) is 3. The highest BCUT2D eigenvalue weighted by molar-refractivity contribution is 5.24. The van der Waals surface area contributed by atoms with Crippen LogP contribution < -0.4 is 5.32 Å². The fourth-order valence-corrected chi connectivity index (χ4v) is 2.07. The maximum Gasteiger partial charge on any atom is 0.128 e. The van der Waals surface area contributed by atoms with Gasteiger partial charge in [0.05, 0.1) is 6.61 Å². The molecule has 0 saturated carbocycles. The van der Waals surface area contributed by atoms with Crippen LogP contribution in [0.4, 0.5) is 4.39 Å². The van der Waals surface area contributed by atoms with Crippen LogP contribution in [0, 0.1) is 5.82 Å². The first-order valence-corrected chi connectivity index (χ1v) is 7.83. The molecule has 0 aliphatic rings. The van der Waals surface area contributed by atoms with Crippen LogP contribution in [0.25, 0.3) is 0 Å². The number of rotatable bonds is 11. The summed E-state index contributed by atoms with van der Waals surface area (Å²) in [6.45, 7) is 7.19. The molecule has 0 aromatic heterocycles. The molecule has 0 radical (unpaired) electrons. The lowest BCUT2D eigenvalue weighted by Gasteiger charge is -2.09. The summed E-state index contributed by atoms with van der Waals surface area (Å²) in [5.74, 6) is -0.169. The Morgan fingerprint density at radius 2 is 1.95 bits per heavy atom. The Labute approximate surface area is 122 Å². The lowest BCUT2D eigenvalue weighted by atomic mass is 10.1. The zero-order valence-electron chi connectivity index (χ0n) is 12.9. The van der Waals surface area contributed by atoms with Crippen molar-refractivity contribution in [1.29, 1.82) is 0 Å². The van der Waals surface area contributed by atoms with Crippen molar-refractivity contribution in [3.05, 3.63) is 35.1 Å². The monoisotopic (exact) mass is 281 g/mol. The largest absolute Gasteiger partial charge is 0.377 e. The van der Waals surface area contributed by atoms with Gasteiger partial charge in [0.1, 0.15) is 5.82 Å². The molecule has 1 aromatic carbocycles. The zero-order valence-corrected chi connectivity index (χ0v) is 12.9. The molecule has 0 aliphatic heterocycles. The number of hydrogen-bond donors (Lipinski definition) is 1. The van der Waals surface area contributed by atoms with E-state index in [1.807, 2.05) is 12.1 Å². The molecule has 1 N–H and O–H groups in total. The molecule has 1 aromatic rings. The Hall–Kier alpha value is -0.930. The normalized spacial score (nSPS) is 10.9. The van der Waals surface area contributed by atoms with E-state index in [0.717, 1.165) is 38.1 Å². The van der Waals surface area contributed by atoms with Crippen molar-refractivity contribution < 1.29 is 9.13 Å². The summed E-state index contributed by atoms with van der Waals surface area (Å²) in [5.41, 5.74) is 1.78. The number of halogens is 1. The predicted molar refractivity (Wildman–Crippen MR) is 82.2 cm³/mol. The summed E-state index contributed by atoms with van der Waals surface area (Å²) < 4.78 is 19.3. The van der Waals surface area contributed by atoms with Gasteiger partial charge in [0, 0.05) is 18.7 Å².